The maximum Gasteiger partial charge on any atom is 0.411 e. The van der Waals surface area contributed by atoms with Gasteiger partial charge in [-0.2, -0.15) is 0 Å². The number of aromatic amines is 1. The first-order chi connectivity index (χ1) is 15.4. The largest absolute Gasteiger partial charge is 0.441 e. The number of aromatic nitrogens is 2. The quantitative estimate of drug-likeness (QED) is 0.632. The zero-order valence-electron chi connectivity index (χ0n) is 18.4. The van der Waals surface area contributed by atoms with E-state index < -0.39 is 5.60 Å². The monoisotopic (exact) mass is 432 g/mol. The maximum absolute atomic E-state index is 12.8. The highest BCUT2D eigenvalue weighted by Crippen LogP contribution is 2.44. The van der Waals surface area contributed by atoms with Crippen molar-refractivity contribution in [2.75, 3.05) is 0 Å². The summed E-state index contributed by atoms with van der Waals surface area (Å²) in [6, 6.07) is 17.7. The molecule has 2 aliphatic rings. The summed E-state index contributed by atoms with van der Waals surface area (Å²) in [5.41, 5.74) is 2.13. The van der Waals surface area contributed by atoms with Crippen LogP contribution in [-0.2, 0) is 4.74 Å². The molecule has 2 fully saturated rings. The molecule has 5 rings (SSSR count). The number of carbonyl (C=O) groups excluding carboxylic acids is 2. The van der Waals surface area contributed by atoms with Crippen molar-refractivity contribution in [2.24, 2.45) is 0 Å². The smallest absolute Gasteiger partial charge is 0.411 e. The van der Waals surface area contributed by atoms with Gasteiger partial charge < -0.3 is 15.0 Å². The lowest BCUT2D eigenvalue weighted by Gasteiger charge is -2.38. The van der Waals surface area contributed by atoms with E-state index in [4.69, 9.17) is 4.74 Å². The molecule has 1 aliphatic carbocycles. The van der Waals surface area contributed by atoms with Crippen LogP contribution in [0.5, 0.6) is 0 Å². The lowest BCUT2D eigenvalue weighted by Crippen LogP contribution is -2.46. The lowest BCUT2D eigenvalue weighted by atomic mass is 9.86. The Morgan fingerprint density at radius 3 is 2.47 bits per heavy atom. The maximum atomic E-state index is 12.8. The number of hydrogen-bond donors (Lipinski definition) is 2. The Hall–Kier alpha value is -3.35. The number of carbonyl (C=O) groups is 2. The van der Waals surface area contributed by atoms with Crippen molar-refractivity contribution in [1.82, 2.24) is 20.2 Å². The summed E-state index contributed by atoms with van der Waals surface area (Å²) in [5, 5.41) is 3.11. The molecular weight excluding hydrogens is 404 g/mol. The number of hydrogen-bond acceptors (Lipinski definition) is 4. The van der Waals surface area contributed by atoms with Crippen LogP contribution in [0.3, 0.4) is 0 Å². The fourth-order valence-corrected chi connectivity index (χ4v) is 5.14. The number of para-hydroxylation sites is 2. The van der Waals surface area contributed by atoms with E-state index in [0.717, 1.165) is 42.3 Å². The molecule has 7 nitrogen and oxygen atoms in total. The van der Waals surface area contributed by atoms with Gasteiger partial charge in [0, 0.05) is 12.1 Å². The molecule has 166 valence electrons. The Labute approximate surface area is 187 Å². The van der Waals surface area contributed by atoms with Crippen molar-refractivity contribution in [1.29, 1.82) is 0 Å². The van der Waals surface area contributed by atoms with Gasteiger partial charge >= 0.3 is 6.09 Å². The average Bonchev–Trinajstić information content (AvgIpc) is 3.32. The Bertz CT molecular complexity index is 1100. The Morgan fingerprint density at radius 2 is 1.75 bits per heavy atom. The standard InChI is InChI=1S/C25H28N4O3/c1-25(2)21(16-8-4-3-5-9-16)29(24(31)32-25)18-14-12-17(13-15-18)26-23(30)22-27-19-10-6-7-11-20(19)28-22/h3-11,17-18,21H,12-15H2,1-2H3,(H,26,30)(H,27,28)/t17-,18-,21-/m0/s1. The van der Waals surface area contributed by atoms with Crippen LogP contribution in [0.15, 0.2) is 54.6 Å². The Kier molecular flexibility index (Phi) is 5.12. The van der Waals surface area contributed by atoms with E-state index in [1.807, 2.05) is 61.2 Å². The lowest BCUT2D eigenvalue weighted by molar-refractivity contribution is 0.0663. The number of benzene rings is 2. The van der Waals surface area contributed by atoms with Crippen molar-refractivity contribution in [3.63, 3.8) is 0 Å². The molecule has 32 heavy (non-hydrogen) atoms. The van der Waals surface area contributed by atoms with Gasteiger partial charge in [-0.25, -0.2) is 9.78 Å². The number of ether oxygens (including phenoxy) is 1. The van der Waals surface area contributed by atoms with Crippen molar-refractivity contribution in [2.45, 2.75) is 63.3 Å². The van der Waals surface area contributed by atoms with Gasteiger partial charge in [-0.15, -0.1) is 0 Å². The highest BCUT2D eigenvalue weighted by Gasteiger charge is 2.51. The molecule has 7 heteroatoms. The molecule has 2 N–H and O–H groups in total. The first-order valence-corrected chi connectivity index (χ1v) is 11.2. The number of H-pyrrole nitrogens is 1. The van der Waals surface area contributed by atoms with E-state index in [-0.39, 0.29) is 30.1 Å². The first-order valence-electron chi connectivity index (χ1n) is 11.2. The van der Waals surface area contributed by atoms with Crippen molar-refractivity contribution in [3.05, 3.63) is 66.0 Å². The zero-order chi connectivity index (χ0) is 22.3. The second-order valence-corrected chi connectivity index (χ2v) is 9.27. The summed E-state index contributed by atoms with van der Waals surface area (Å²) in [6.45, 7) is 3.95. The van der Waals surface area contributed by atoms with E-state index in [2.05, 4.69) is 27.4 Å². The fourth-order valence-electron chi connectivity index (χ4n) is 5.14. The van der Waals surface area contributed by atoms with E-state index in [1.54, 1.807) is 0 Å². The minimum atomic E-state index is -0.592. The van der Waals surface area contributed by atoms with Crippen LogP contribution in [-0.4, -0.2) is 44.6 Å². The predicted octanol–water partition coefficient (Wildman–Crippen LogP) is 4.58. The van der Waals surface area contributed by atoms with Gasteiger partial charge in [0.2, 0.25) is 0 Å². The SMILES string of the molecule is CC1(C)OC(=O)N([C@H]2CC[C@H](NC(=O)c3nc4ccccc4[nH]3)CC2)[C@H]1c1ccccc1. The molecule has 2 aromatic carbocycles. The van der Waals surface area contributed by atoms with E-state index in [9.17, 15) is 9.59 Å². The van der Waals surface area contributed by atoms with Crippen LogP contribution in [0.2, 0.25) is 0 Å². The van der Waals surface area contributed by atoms with Crippen molar-refractivity contribution < 1.29 is 14.3 Å². The third kappa shape index (κ3) is 3.72. The summed E-state index contributed by atoms with van der Waals surface area (Å²) in [7, 11) is 0. The molecule has 1 saturated heterocycles. The number of nitrogens with zero attached hydrogens (tertiary/aromatic N) is 2. The van der Waals surface area contributed by atoms with Crippen LogP contribution in [0.1, 0.15) is 61.8 Å². The molecule has 1 atom stereocenters. The van der Waals surface area contributed by atoms with Crippen LogP contribution < -0.4 is 5.32 Å². The molecule has 1 saturated carbocycles. The molecule has 1 aliphatic heterocycles. The minimum absolute atomic E-state index is 0.0637. The summed E-state index contributed by atoms with van der Waals surface area (Å²) >= 11 is 0. The zero-order valence-corrected chi connectivity index (χ0v) is 18.4. The summed E-state index contributed by atoms with van der Waals surface area (Å²) in [4.78, 5) is 34.9. The third-order valence-electron chi connectivity index (χ3n) is 6.64. The second kappa shape index (κ2) is 7.97. The molecular formula is C25H28N4O3. The number of imidazole rings is 1. The molecule has 0 spiro atoms. The van der Waals surface area contributed by atoms with Gasteiger partial charge in [0.25, 0.3) is 5.91 Å². The topological polar surface area (TPSA) is 87.3 Å². The Balaban J connectivity index is 1.25. The van der Waals surface area contributed by atoms with Gasteiger partial charge in [0.15, 0.2) is 5.82 Å². The van der Waals surface area contributed by atoms with E-state index >= 15 is 0 Å². The molecule has 1 aromatic heterocycles. The molecule has 2 heterocycles. The second-order valence-electron chi connectivity index (χ2n) is 9.27. The number of cyclic esters (lactones) is 1. The van der Waals surface area contributed by atoms with Gasteiger partial charge in [-0.05, 0) is 57.2 Å². The molecule has 0 bridgehead atoms. The van der Waals surface area contributed by atoms with E-state index in [1.165, 1.54) is 0 Å². The average molecular weight is 433 g/mol. The molecule has 3 aromatic rings. The molecule has 0 radical (unpaired) electrons. The van der Waals surface area contributed by atoms with Gasteiger partial charge in [0.1, 0.15) is 5.60 Å². The van der Waals surface area contributed by atoms with Crippen LogP contribution in [0.4, 0.5) is 4.79 Å². The number of rotatable bonds is 4. The summed E-state index contributed by atoms with van der Waals surface area (Å²) < 4.78 is 5.76. The fraction of sp³-hybridized carbons (Fsp3) is 0.400. The van der Waals surface area contributed by atoms with E-state index in [0.29, 0.717) is 5.82 Å². The highest BCUT2D eigenvalue weighted by atomic mass is 16.6. The van der Waals surface area contributed by atoms with Crippen LogP contribution in [0, 0.1) is 0 Å². The van der Waals surface area contributed by atoms with Gasteiger partial charge in [-0.1, -0.05) is 42.5 Å². The molecule has 2 amide bonds. The van der Waals surface area contributed by atoms with Crippen LogP contribution in [0.25, 0.3) is 11.0 Å². The van der Waals surface area contributed by atoms with Crippen LogP contribution >= 0.6 is 0 Å². The molecule has 0 unspecified atom stereocenters. The summed E-state index contributed by atoms with van der Waals surface area (Å²) in [6.07, 6.45) is 3.00. The van der Waals surface area contributed by atoms with Crippen molar-refractivity contribution in [3.8, 4) is 0 Å². The number of nitrogens with one attached hydrogen (secondary N) is 2. The van der Waals surface area contributed by atoms with Crippen molar-refractivity contribution >= 4 is 23.0 Å². The highest BCUT2D eigenvalue weighted by molar-refractivity contribution is 5.94. The first kappa shape index (κ1) is 20.5. The Morgan fingerprint density at radius 1 is 1.06 bits per heavy atom. The normalized spacial score (nSPS) is 25.0. The number of amides is 2. The van der Waals surface area contributed by atoms with Gasteiger partial charge in [-0.3, -0.25) is 9.69 Å². The number of fused-ring (bicyclic) bond motifs is 1. The third-order valence-corrected chi connectivity index (χ3v) is 6.64. The predicted molar refractivity (Wildman–Crippen MR) is 121 cm³/mol. The summed E-state index contributed by atoms with van der Waals surface area (Å²) in [5.74, 6) is 0.149. The van der Waals surface area contributed by atoms with Gasteiger partial charge in [0.05, 0.1) is 17.1 Å². The minimum Gasteiger partial charge on any atom is -0.441 e.